The first-order valence-electron chi connectivity index (χ1n) is 6.66. The minimum Gasteiger partial charge on any atom is -0.370 e. The van der Waals surface area contributed by atoms with Crippen LogP contribution in [0.4, 0.5) is 5.69 Å². The van der Waals surface area contributed by atoms with Crippen LogP contribution in [0.2, 0.25) is 0 Å². The molecule has 8 heteroatoms. The predicted octanol–water partition coefficient (Wildman–Crippen LogP) is 2.14. The van der Waals surface area contributed by atoms with Gasteiger partial charge in [0.25, 0.3) is 0 Å². The van der Waals surface area contributed by atoms with Crippen LogP contribution in [0.5, 0.6) is 0 Å². The van der Waals surface area contributed by atoms with E-state index in [4.69, 9.17) is 5.73 Å². The summed E-state index contributed by atoms with van der Waals surface area (Å²) in [5.74, 6) is 0.304. The monoisotopic (exact) mass is 446 g/mol. The van der Waals surface area contributed by atoms with E-state index in [1.165, 1.54) is 19.2 Å². The number of hydrogen-bond donors (Lipinski definition) is 3. The van der Waals surface area contributed by atoms with Gasteiger partial charge in [0.05, 0.1) is 11.4 Å². The molecule has 0 aliphatic heterocycles. The minimum atomic E-state index is -3.41. The zero-order chi connectivity index (χ0) is 16.0. The second kappa shape index (κ2) is 8.85. The Morgan fingerprint density at radius 2 is 1.70 bits per heavy atom. The van der Waals surface area contributed by atoms with Crippen molar-refractivity contribution in [1.82, 2.24) is 4.72 Å². The van der Waals surface area contributed by atoms with E-state index >= 15 is 0 Å². The van der Waals surface area contributed by atoms with Gasteiger partial charge in [0, 0.05) is 5.69 Å². The molecule has 0 aliphatic carbocycles. The average Bonchev–Trinajstić information content (AvgIpc) is 2.54. The SMILES string of the molecule is CNS(=O)(=O)c1ccc(CN=C(N)Nc2ccccc2)cc1.I. The fourth-order valence-electron chi connectivity index (χ4n) is 1.78. The molecule has 4 N–H and O–H groups in total. The average molecular weight is 446 g/mol. The first-order chi connectivity index (χ1) is 10.5. The highest BCUT2D eigenvalue weighted by molar-refractivity contribution is 14.0. The molecular weight excluding hydrogens is 427 g/mol. The molecule has 0 amide bonds. The Kier molecular flexibility index (Phi) is 7.46. The maximum atomic E-state index is 11.6. The molecule has 2 rings (SSSR count). The number of sulfonamides is 1. The topological polar surface area (TPSA) is 96.6 Å². The van der Waals surface area contributed by atoms with Crippen molar-refractivity contribution in [3.8, 4) is 0 Å². The Balaban J connectivity index is 0.00000264. The highest BCUT2D eigenvalue weighted by Crippen LogP contribution is 2.11. The van der Waals surface area contributed by atoms with Crippen LogP contribution in [-0.2, 0) is 16.6 Å². The summed E-state index contributed by atoms with van der Waals surface area (Å²) in [6, 6.07) is 16.0. The Labute approximate surface area is 153 Å². The predicted molar refractivity (Wildman–Crippen MR) is 103 cm³/mol. The third-order valence-electron chi connectivity index (χ3n) is 2.98. The summed E-state index contributed by atoms with van der Waals surface area (Å²) in [4.78, 5) is 4.44. The van der Waals surface area contributed by atoms with Crippen LogP contribution in [0.3, 0.4) is 0 Å². The summed E-state index contributed by atoms with van der Waals surface area (Å²) in [6.45, 7) is 0.367. The van der Waals surface area contributed by atoms with Gasteiger partial charge in [-0.1, -0.05) is 30.3 Å². The van der Waals surface area contributed by atoms with E-state index in [-0.39, 0.29) is 28.9 Å². The lowest BCUT2D eigenvalue weighted by Gasteiger charge is -2.06. The highest BCUT2D eigenvalue weighted by Gasteiger charge is 2.10. The number of halogens is 1. The number of nitrogens with one attached hydrogen (secondary N) is 2. The van der Waals surface area contributed by atoms with Gasteiger partial charge in [-0.25, -0.2) is 18.1 Å². The maximum Gasteiger partial charge on any atom is 0.240 e. The van der Waals surface area contributed by atoms with Gasteiger partial charge < -0.3 is 11.1 Å². The number of guanidine groups is 1. The zero-order valence-electron chi connectivity index (χ0n) is 12.6. The van der Waals surface area contributed by atoms with Crippen molar-refractivity contribution in [3.05, 3.63) is 60.2 Å². The summed E-state index contributed by atoms with van der Waals surface area (Å²) >= 11 is 0. The maximum absolute atomic E-state index is 11.6. The van der Waals surface area contributed by atoms with Gasteiger partial charge in [-0.15, -0.1) is 24.0 Å². The van der Waals surface area contributed by atoms with Crippen molar-refractivity contribution in [2.75, 3.05) is 12.4 Å². The number of rotatable bonds is 5. The minimum absolute atomic E-state index is 0. The van der Waals surface area contributed by atoms with Crippen LogP contribution >= 0.6 is 24.0 Å². The second-order valence-corrected chi connectivity index (χ2v) is 6.43. The molecule has 2 aromatic carbocycles. The normalized spacial score (nSPS) is 11.6. The molecule has 0 fully saturated rings. The summed E-state index contributed by atoms with van der Waals surface area (Å²) in [6.07, 6.45) is 0. The number of benzene rings is 2. The van der Waals surface area contributed by atoms with Crippen molar-refractivity contribution >= 4 is 45.6 Å². The molecule has 0 bridgehead atoms. The number of nitrogens with two attached hydrogens (primary N) is 1. The summed E-state index contributed by atoms with van der Waals surface area (Å²) < 4.78 is 25.5. The first-order valence-corrected chi connectivity index (χ1v) is 8.14. The van der Waals surface area contributed by atoms with Crippen LogP contribution < -0.4 is 15.8 Å². The van der Waals surface area contributed by atoms with Crippen molar-refractivity contribution in [2.24, 2.45) is 10.7 Å². The fourth-order valence-corrected chi connectivity index (χ4v) is 2.51. The quantitative estimate of drug-likeness (QED) is 0.373. The number of para-hydroxylation sites is 1. The molecule has 0 atom stereocenters. The smallest absolute Gasteiger partial charge is 0.240 e. The fraction of sp³-hybridized carbons (Fsp3) is 0.133. The molecular formula is C15H19IN4O2S. The van der Waals surface area contributed by atoms with Crippen LogP contribution in [-0.4, -0.2) is 21.4 Å². The van der Waals surface area contributed by atoms with E-state index in [1.54, 1.807) is 12.1 Å². The third-order valence-corrected chi connectivity index (χ3v) is 4.41. The molecule has 0 aromatic heterocycles. The molecule has 0 aliphatic rings. The molecule has 0 spiro atoms. The summed E-state index contributed by atoms with van der Waals surface area (Å²) in [5, 5.41) is 2.98. The van der Waals surface area contributed by atoms with E-state index in [2.05, 4.69) is 15.0 Å². The van der Waals surface area contributed by atoms with Crippen molar-refractivity contribution in [1.29, 1.82) is 0 Å². The number of aliphatic imine (C=N–C) groups is 1. The molecule has 124 valence electrons. The lowest BCUT2D eigenvalue weighted by atomic mass is 10.2. The molecule has 0 unspecified atom stereocenters. The lowest BCUT2D eigenvalue weighted by molar-refractivity contribution is 0.588. The van der Waals surface area contributed by atoms with Gasteiger partial charge in [0.15, 0.2) is 5.96 Å². The molecule has 6 nitrogen and oxygen atoms in total. The number of hydrogen-bond acceptors (Lipinski definition) is 3. The number of anilines is 1. The van der Waals surface area contributed by atoms with Gasteiger partial charge in [-0.05, 0) is 36.9 Å². The third kappa shape index (κ3) is 5.81. The standard InChI is InChI=1S/C15H18N4O2S.HI/c1-17-22(20,21)14-9-7-12(8-10-14)11-18-15(16)19-13-5-3-2-4-6-13;/h2-10,17H,11H2,1H3,(H3,16,18,19);1H. The van der Waals surface area contributed by atoms with Crippen molar-refractivity contribution in [3.63, 3.8) is 0 Å². The second-order valence-electron chi connectivity index (χ2n) is 4.54. The van der Waals surface area contributed by atoms with E-state index in [1.807, 2.05) is 30.3 Å². The number of nitrogens with zero attached hydrogens (tertiary/aromatic N) is 1. The van der Waals surface area contributed by atoms with E-state index < -0.39 is 10.0 Å². The Bertz CT molecular complexity index is 747. The Hall–Kier alpha value is -1.65. The van der Waals surface area contributed by atoms with Gasteiger partial charge in [-0.2, -0.15) is 0 Å². The first kappa shape index (κ1) is 19.4. The van der Waals surface area contributed by atoms with Crippen LogP contribution in [0, 0.1) is 0 Å². The molecule has 0 saturated carbocycles. The summed E-state index contributed by atoms with van der Waals surface area (Å²) in [7, 11) is -2.03. The van der Waals surface area contributed by atoms with Crippen LogP contribution in [0.1, 0.15) is 5.56 Å². The van der Waals surface area contributed by atoms with Gasteiger partial charge in [0.1, 0.15) is 0 Å². The Morgan fingerprint density at radius 1 is 1.09 bits per heavy atom. The van der Waals surface area contributed by atoms with Gasteiger partial charge in [0.2, 0.25) is 10.0 Å². The van der Waals surface area contributed by atoms with Crippen molar-refractivity contribution in [2.45, 2.75) is 11.4 Å². The lowest BCUT2D eigenvalue weighted by Crippen LogP contribution is -2.22. The van der Waals surface area contributed by atoms with Crippen molar-refractivity contribution < 1.29 is 8.42 Å². The molecule has 2 aromatic rings. The zero-order valence-corrected chi connectivity index (χ0v) is 15.7. The van der Waals surface area contributed by atoms with Crippen LogP contribution in [0.25, 0.3) is 0 Å². The van der Waals surface area contributed by atoms with Crippen LogP contribution in [0.15, 0.2) is 64.5 Å². The highest BCUT2D eigenvalue weighted by atomic mass is 127. The molecule has 0 radical (unpaired) electrons. The largest absolute Gasteiger partial charge is 0.370 e. The summed E-state index contributed by atoms with van der Waals surface area (Å²) in [5.41, 5.74) is 7.54. The Morgan fingerprint density at radius 3 is 2.26 bits per heavy atom. The van der Waals surface area contributed by atoms with E-state index in [0.29, 0.717) is 12.5 Å². The van der Waals surface area contributed by atoms with E-state index in [9.17, 15) is 8.42 Å². The molecule has 0 saturated heterocycles. The molecule has 0 heterocycles. The molecule has 23 heavy (non-hydrogen) atoms. The van der Waals surface area contributed by atoms with E-state index in [0.717, 1.165) is 11.3 Å². The van der Waals surface area contributed by atoms with Gasteiger partial charge >= 0.3 is 0 Å². The van der Waals surface area contributed by atoms with Gasteiger partial charge in [-0.3, -0.25) is 0 Å².